The van der Waals surface area contributed by atoms with E-state index in [4.69, 9.17) is 21.4 Å². The number of aliphatic carboxylic acids is 1. The normalized spacial score (nSPS) is 17.5. The fourth-order valence-electron chi connectivity index (χ4n) is 4.02. The fraction of sp³-hybridized carbons (Fsp3) is 0.409. The smallest absolute Gasteiger partial charge is 0.303 e. The average molecular weight is 386 g/mol. The van der Waals surface area contributed by atoms with Crippen LogP contribution in [0.2, 0.25) is 5.02 Å². The van der Waals surface area contributed by atoms with Gasteiger partial charge in [-0.3, -0.25) is 9.69 Å². The van der Waals surface area contributed by atoms with Gasteiger partial charge in [0.2, 0.25) is 0 Å². The summed E-state index contributed by atoms with van der Waals surface area (Å²) in [6, 6.07) is 14.2. The van der Waals surface area contributed by atoms with E-state index in [-0.39, 0.29) is 11.8 Å². The van der Waals surface area contributed by atoms with E-state index in [1.54, 1.807) is 0 Å². The molecule has 1 aliphatic carbocycles. The van der Waals surface area contributed by atoms with Crippen LogP contribution in [0.15, 0.2) is 42.5 Å². The van der Waals surface area contributed by atoms with Crippen molar-refractivity contribution in [3.63, 3.8) is 0 Å². The van der Waals surface area contributed by atoms with E-state index in [0.29, 0.717) is 13.0 Å². The Balaban J connectivity index is 1.43. The number of rotatable bonds is 7. The highest BCUT2D eigenvalue weighted by Gasteiger charge is 2.49. The SMILES string of the molecule is O=C(O)CCCN1Cc2ccc(OCc3ccc(Cl)cc3)cc2C2(CC2)C1. The summed E-state index contributed by atoms with van der Waals surface area (Å²) >= 11 is 5.93. The van der Waals surface area contributed by atoms with Crippen LogP contribution in [0.5, 0.6) is 5.75 Å². The summed E-state index contributed by atoms with van der Waals surface area (Å²) in [6.07, 6.45) is 3.36. The van der Waals surface area contributed by atoms with Crippen molar-refractivity contribution in [1.82, 2.24) is 4.90 Å². The average Bonchev–Trinajstić information content (AvgIpc) is 3.41. The molecule has 0 radical (unpaired) electrons. The Hall–Kier alpha value is -2.04. The molecule has 0 unspecified atom stereocenters. The van der Waals surface area contributed by atoms with Crippen LogP contribution in [-0.2, 0) is 23.4 Å². The second-order valence-corrected chi connectivity index (χ2v) is 8.16. The zero-order valence-corrected chi connectivity index (χ0v) is 16.0. The van der Waals surface area contributed by atoms with Gasteiger partial charge < -0.3 is 9.84 Å². The van der Waals surface area contributed by atoms with Gasteiger partial charge in [-0.2, -0.15) is 0 Å². The third-order valence-electron chi connectivity index (χ3n) is 5.61. The summed E-state index contributed by atoms with van der Waals surface area (Å²) in [5, 5.41) is 9.59. The highest BCUT2D eigenvalue weighted by atomic mass is 35.5. The number of fused-ring (bicyclic) bond motifs is 2. The van der Waals surface area contributed by atoms with E-state index >= 15 is 0 Å². The fourth-order valence-corrected chi connectivity index (χ4v) is 4.15. The molecule has 0 bridgehead atoms. The predicted octanol–water partition coefficient (Wildman–Crippen LogP) is 4.63. The van der Waals surface area contributed by atoms with Crippen LogP contribution in [0.3, 0.4) is 0 Å². The first-order chi connectivity index (χ1) is 13.0. The van der Waals surface area contributed by atoms with Gasteiger partial charge in [-0.1, -0.05) is 29.8 Å². The molecular weight excluding hydrogens is 362 g/mol. The van der Waals surface area contributed by atoms with Crippen molar-refractivity contribution < 1.29 is 14.6 Å². The quantitative estimate of drug-likeness (QED) is 0.754. The van der Waals surface area contributed by atoms with E-state index in [0.717, 1.165) is 36.0 Å². The number of carbonyl (C=O) groups is 1. The molecule has 0 atom stereocenters. The third-order valence-corrected chi connectivity index (χ3v) is 5.86. The number of halogens is 1. The van der Waals surface area contributed by atoms with Crippen molar-refractivity contribution in [2.75, 3.05) is 13.1 Å². The van der Waals surface area contributed by atoms with E-state index < -0.39 is 5.97 Å². The van der Waals surface area contributed by atoms with E-state index in [2.05, 4.69) is 17.0 Å². The molecule has 1 N–H and O–H groups in total. The van der Waals surface area contributed by atoms with Crippen LogP contribution in [0, 0.1) is 0 Å². The molecule has 27 heavy (non-hydrogen) atoms. The molecule has 4 rings (SSSR count). The minimum Gasteiger partial charge on any atom is -0.489 e. The second kappa shape index (κ2) is 7.53. The number of benzene rings is 2. The zero-order valence-electron chi connectivity index (χ0n) is 15.3. The molecule has 0 amide bonds. The van der Waals surface area contributed by atoms with Gasteiger partial charge in [0.15, 0.2) is 0 Å². The first-order valence-corrected chi connectivity index (χ1v) is 9.87. The molecule has 1 spiro atoms. The summed E-state index contributed by atoms with van der Waals surface area (Å²) in [5.74, 6) is 0.199. The molecule has 2 aliphatic rings. The molecule has 5 heteroatoms. The Labute approximate surface area is 164 Å². The Morgan fingerprint density at radius 1 is 1.19 bits per heavy atom. The number of hydrogen-bond acceptors (Lipinski definition) is 3. The van der Waals surface area contributed by atoms with Crippen molar-refractivity contribution in [3.05, 3.63) is 64.2 Å². The zero-order chi connectivity index (χ0) is 18.9. The van der Waals surface area contributed by atoms with Gasteiger partial charge in [-0.05, 0) is 66.8 Å². The summed E-state index contributed by atoms with van der Waals surface area (Å²) < 4.78 is 6.02. The predicted molar refractivity (Wildman–Crippen MR) is 105 cm³/mol. The van der Waals surface area contributed by atoms with Crippen LogP contribution < -0.4 is 4.74 Å². The molecular formula is C22H24ClNO3. The van der Waals surface area contributed by atoms with Gasteiger partial charge in [-0.15, -0.1) is 0 Å². The molecule has 0 saturated heterocycles. The van der Waals surface area contributed by atoms with Crippen molar-refractivity contribution in [1.29, 1.82) is 0 Å². The molecule has 1 heterocycles. The lowest BCUT2D eigenvalue weighted by Gasteiger charge is -2.35. The minimum absolute atomic E-state index is 0.244. The maximum absolute atomic E-state index is 10.8. The van der Waals surface area contributed by atoms with Crippen LogP contribution in [-0.4, -0.2) is 29.1 Å². The van der Waals surface area contributed by atoms with E-state index in [1.807, 2.05) is 30.3 Å². The molecule has 0 aromatic heterocycles. The Kier molecular flexibility index (Phi) is 5.11. The lowest BCUT2D eigenvalue weighted by atomic mass is 9.86. The van der Waals surface area contributed by atoms with Crippen LogP contribution in [0.25, 0.3) is 0 Å². The van der Waals surface area contributed by atoms with Gasteiger partial charge in [-0.25, -0.2) is 0 Å². The first kappa shape index (κ1) is 18.3. The Morgan fingerprint density at radius 3 is 2.67 bits per heavy atom. The number of nitrogens with zero attached hydrogens (tertiary/aromatic N) is 1. The Bertz CT molecular complexity index is 830. The summed E-state index contributed by atoms with van der Waals surface area (Å²) in [6.45, 7) is 3.31. The Morgan fingerprint density at radius 2 is 1.96 bits per heavy atom. The molecule has 2 aromatic rings. The third kappa shape index (κ3) is 4.28. The molecule has 2 aromatic carbocycles. The summed E-state index contributed by atoms with van der Waals surface area (Å²) in [4.78, 5) is 13.2. The summed E-state index contributed by atoms with van der Waals surface area (Å²) in [5.41, 5.74) is 4.12. The van der Waals surface area contributed by atoms with Gasteiger partial charge in [0.1, 0.15) is 12.4 Å². The van der Waals surface area contributed by atoms with Gasteiger partial charge in [0, 0.05) is 29.9 Å². The van der Waals surface area contributed by atoms with Crippen molar-refractivity contribution in [2.24, 2.45) is 0 Å². The van der Waals surface area contributed by atoms with Crippen LogP contribution in [0.1, 0.15) is 42.4 Å². The maximum Gasteiger partial charge on any atom is 0.303 e. The lowest BCUT2D eigenvalue weighted by Crippen LogP contribution is -2.38. The summed E-state index contributed by atoms with van der Waals surface area (Å²) in [7, 11) is 0. The lowest BCUT2D eigenvalue weighted by molar-refractivity contribution is -0.137. The molecule has 4 nitrogen and oxygen atoms in total. The van der Waals surface area contributed by atoms with Crippen LogP contribution in [0.4, 0.5) is 0 Å². The van der Waals surface area contributed by atoms with Crippen molar-refractivity contribution in [3.8, 4) is 5.75 Å². The van der Waals surface area contributed by atoms with E-state index in [9.17, 15) is 4.79 Å². The second-order valence-electron chi connectivity index (χ2n) is 7.72. The van der Waals surface area contributed by atoms with Crippen LogP contribution >= 0.6 is 11.6 Å². The number of carboxylic acids is 1. The number of carboxylic acid groups (broad SMARTS) is 1. The van der Waals surface area contributed by atoms with Gasteiger partial charge in [0.05, 0.1) is 0 Å². The van der Waals surface area contributed by atoms with Crippen molar-refractivity contribution >= 4 is 17.6 Å². The topological polar surface area (TPSA) is 49.8 Å². The highest BCUT2D eigenvalue weighted by Crippen LogP contribution is 2.53. The van der Waals surface area contributed by atoms with Gasteiger partial charge in [0.25, 0.3) is 0 Å². The van der Waals surface area contributed by atoms with Crippen molar-refractivity contribution in [2.45, 2.75) is 44.2 Å². The largest absolute Gasteiger partial charge is 0.489 e. The molecule has 142 valence electrons. The number of hydrogen-bond donors (Lipinski definition) is 1. The van der Waals surface area contributed by atoms with Gasteiger partial charge >= 0.3 is 5.97 Å². The monoisotopic (exact) mass is 385 g/mol. The molecule has 1 aliphatic heterocycles. The first-order valence-electron chi connectivity index (χ1n) is 9.49. The molecule has 1 fully saturated rings. The number of ether oxygens (including phenoxy) is 1. The highest BCUT2D eigenvalue weighted by molar-refractivity contribution is 6.30. The molecule has 1 saturated carbocycles. The maximum atomic E-state index is 10.8. The van der Waals surface area contributed by atoms with E-state index in [1.165, 1.54) is 24.0 Å². The standard InChI is InChI=1S/C22H24ClNO3/c23-18-6-3-16(4-7-18)14-27-19-8-5-17-13-24(11-1-2-21(25)26)15-22(9-10-22)20(17)12-19/h3-8,12H,1-2,9-11,13-15H2,(H,25,26). The minimum atomic E-state index is -0.712.